The van der Waals surface area contributed by atoms with E-state index in [0.717, 1.165) is 36.8 Å². The van der Waals surface area contributed by atoms with E-state index < -0.39 is 6.04 Å². The Kier molecular flexibility index (Phi) is 9.11. The Balaban J connectivity index is 1.75. The summed E-state index contributed by atoms with van der Waals surface area (Å²) in [6.45, 7) is 5.02. The number of anilines is 2. The molecule has 1 aliphatic rings. The molecule has 178 valence electrons. The van der Waals surface area contributed by atoms with Crippen molar-refractivity contribution in [3.05, 3.63) is 46.6 Å². The number of hydrazone groups is 1. The summed E-state index contributed by atoms with van der Waals surface area (Å²) in [5, 5.41) is 27.8. The number of rotatable bonds is 13. The third kappa shape index (κ3) is 6.47. The number of aldehydes is 1. The average Bonchev–Trinajstić information content (AvgIpc) is 2.80. The summed E-state index contributed by atoms with van der Waals surface area (Å²) in [5.41, 5.74) is 9.18. The number of hydrogen-bond donors (Lipinski definition) is 4. The molecule has 0 saturated carbocycles. The van der Waals surface area contributed by atoms with Crippen LogP contribution in [0.1, 0.15) is 48.2 Å². The first-order valence-corrected chi connectivity index (χ1v) is 11.3. The molecule has 0 aliphatic carbocycles. The Morgan fingerprint density at radius 2 is 1.85 bits per heavy atom. The predicted molar refractivity (Wildman–Crippen MR) is 128 cm³/mol. The highest BCUT2D eigenvalue weighted by atomic mass is 16.3. The molecule has 1 unspecified atom stereocenters. The van der Waals surface area contributed by atoms with Crippen molar-refractivity contribution in [1.29, 1.82) is 0 Å². The molecule has 0 amide bonds. The monoisotopic (exact) mass is 455 g/mol. The van der Waals surface area contributed by atoms with Gasteiger partial charge in [0.2, 0.25) is 5.95 Å². The molecule has 0 radical (unpaired) electrons. The van der Waals surface area contributed by atoms with Gasteiger partial charge >= 0.3 is 0 Å². The van der Waals surface area contributed by atoms with Gasteiger partial charge in [0.1, 0.15) is 18.1 Å². The van der Waals surface area contributed by atoms with Crippen molar-refractivity contribution in [3.63, 3.8) is 0 Å². The van der Waals surface area contributed by atoms with E-state index >= 15 is 0 Å². The van der Waals surface area contributed by atoms with Gasteiger partial charge in [-0.15, -0.1) is 0 Å². The third-order valence-corrected chi connectivity index (χ3v) is 5.50. The minimum Gasteiger partial charge on any atom is -0.395 e. The fourth-order valence-corrected chi connectivity index (χ4v) is 3.79. The molecule has 10 nitrogen and oxygen atoms in total. The zero-order valence-corrected chi connectivity index (χ0v) is 19.0. The Morgan fingerprint density at radius 1 is 1.15 bits per heavy atom. The van der Waals surface area contributed by atoms with Crippen LogP contribution in [-0.4, -0.2) is 75.4 Å². The minimum atomic E-state index is -0.626. The molecule has 0 bridgehead atoms. The first kappa shape index (κ1) is 24.6. The Labute approximate surface area is 194 Å². The van der Waals surface area contributed by atoms with Crippen LogP contribution in [0.15, 0.2) is 29.4 Å². The molecule has 1 aromatic carbocycles. The van der Waals surface area contributed by atoms with Gasteiger partial charge in [-0.3, -0.25) is 9.91 Å². The SMILES string of the molecule is CCCCNc1nc(N)nc2c1C(C=O)N(Cc1ccc(CN(CCO)CCO)cc1)N=C2. The number of aliphatic hydroxyl groups excluding tert-OH is 2. The molecule has 0 spiro atoms. The molecule has 0 fully saturated rings. The lowest BCUT2D eigenvalue weighted by atomic mass is 10.0. The van der Waals surface area contributed by atoms with Crippen LogP contribution in [0.2, 0.25) is 0 Å². The number of nitrogen functional groups attached to an aromatic ring is 1. The molecule has 1 atom stereocenters. The maximum absolute atomic E-state index is 12.1. The highest BCUT2D eigenvalue weighted by Crippen LogP contribution is 2.32. The summed E-state index contributed by atoms with van der Waals surface area (Å²) in [6, 6.07) is 7.39. The van der Waals surface area contributed by atoms with Crippen LogP contribution in [0.25, 0.3) is 0 Å². The third-order valence-electron chi connectivity index (χ3n) is 5.50. The molecular formula is C23H33N7O3. The van der Waals surface area contributed by atoms with Crippen molar-refractivity contribution < 1.29 is 15.0 Å². The van der Waals surface area contributed by atoms with E-state index in [0.29, 0.717) is 43.3 Å². The van der Waals surface area contributed by atoms with Gasteiger partial charge in [0.05, 0.1) is 37.2 Å². The molecule has 1 aromatic heterocycles. The van der Waals surface area contributed by atoms with Gasteiger partial charge in [-0.25, -0.2) is 4.98 Å². The van der Waals surface area contributed by atoms with Crippen LogP contribution in [0.3, 0.4) is 0 Å². The van der Waals surface area contributed by atoms with Crippen LogP contribution >= 0.6 is 0 Å². The predicted octanol–water partition coefficient (Wildman–Crippen LogP) is 1.15. The molecular weight excluding hydrogens is 422 g/mol. The first-order chi connectivity index (χ1) is 16.1. The molecule has 0 saturated heterocycles. The average molecular weight is 456 g/mol. The van der Waals surface area contributed by atoms with Gasteiger partial charge in [0.25, 0.3) is 0 Å². The summed E-state index contributed by atoms with van der Waals surface area (Å²) in [7, 11) is 0. The van der Waals surface area contributed by atoms with Crippen LogP contribution in [-0.2, 0) is 17.9 Å². The number of aromatic nitrogens is 2. The summed E-state index contributed by atoms with van der Waals surface area (Å²) in [4.78, 5) is 22.7. The standard InChI is InChI=1S/C23H33N7O3/c1-2-3-8-25-22-21-19(27-23(24)28-22)13-26-30(20(21)16-33)15-18-6-4-17(5-7-18)14-29(9-11-31)10-12-32/h4-7,13,16,20,31-32H,2-3,8-12,14-15H2,1H3,(H3,24,25,27,28). The maximum atomic E-state index is 12.1. The number of carbonyl (C=O) groups is 1. The van der Waals surface area contributed by atoms with Crippen LogP contribution in [0, 0.1) is 0 Å². The molecule has 2 aromatic rings. The molecule has 1 aliphatic heterocycles. The Bertz CT molecular complexity index is 930. The van der Waals surface area contributed by atoms with Crippen LogP contribution < -0.4 is 11.1 Å². The highest BCUT2D eigenvalue weighted by molar-refractivity contribution is 5.86. The number of nitrogens with one attached hydrogen (secondary N) is 1. The second-order valence-corrected chi connectivity index (χ2v) is 7.97. The number of unbranched alkanes of at least 4 members (excludes halogenated alkanes) is 1. The van der Waals surface area contributed by atoms with E-state index in [-0.39, 0.29) is 19.2 Å². The molecule has 10 heteroatoms. The van der Waals surface area contributed by atoms with Crippen molar-refractivity contribution in [3.8, 4) is 0 Å². The van der Waals surface area contributed by atoms with Gasteiger partial charge in [-0.1, -0.05) is 37.6 Å². The van der Waals surface area contributed by atoms with Crippen molar-refractivity contribution in [2.75, 3.05) is 43.9 Å². The molecule has 3 rings (SSSR count). The lowest BCUT2D eigenvalue weighted by Crippen LogP contribution is -2.31. The largest absolute Gasteiger partial charge is 0.395 e. The number of fused-ring (bicyclic) bond motifs is 1. The normalized spacial score (nSPS) is 15.0. The van der Waals surface area contributed by atoms with Gasteiger partial charge in [0, 0.05) is 26.2 Å². The minimum absolute atomic E-state index is 0.0459. The van der Waals surface area contributed by atoms with Gasteiger partial charge in [-0.05, 0) is 17.5 Å². The van der Waals surface area contributed by atoms with E-state index in [1.54, 1.807) is 11.2 Å². The summed E-state index contributed by atoms with van der Waals surface area (Å²) >= 11 is 0. The van der Waals surface area contributed by atoms with Gasteiger partial charge in [-0.2, -0.15) is 10.1 Å². The second kappa shape index (κ2) is 12.2. The van der Waals surface area contributed by atoms with Crippen LogP contribution in [0.5, 0.6) is 0 Å². The second-order valence-electron chi connectivity index (χ2n) is 7.97. The maximum Gasteiger partial charge on any atom is 0.222 e. The van der Waals surface area contributed by atoms with E-state index in [1.807, 2.05) is 29.2 Å². The molecule has 2 heterocycles. The number of aliphatic hydroxyl groups is 2. The van der Waals surface area contributed by atoms with Crippen molar-refractivity contribution in [1.82, 2.24) is 19.9 Å². The molecule has 33 heavy (non-hydrogen) atoms. The van der Waals surface area contributed by atoms with E-state index in [2.05, 4.69) is 27.3 Å². The summed E-state index contributed by atoms with van der Waals surface area (Å²) in [5.74, 6) is 0.715. The van der Waals surface area contributed by atoms with E-state index in [1.165, 1.54) is 0 Å². The number of nitrogens with zero attached hydrogens (tertiary/aromatic N) is 5. The summed E-state index contributed by atoms with van der Waals surface area (Å²) in [6.07, 6.45) is 4.49. The van der Waals surface area contributed by atoms with Crippen molar-refractivity contribution in [2.24, 2.45) is 5.10 Å². The van der Waals surface area contributed by atoms with Crippen LogP contribution in [0.4, 0.5) is 11.8 Å². The quantitative estimate of drug-likeness (QED) is 0.258. The van der Waals surface area contributed by atoms with Crippen molar-refractivity contribution >= 4 is 24.3 Å². The molecule has 5 N–H and O–H groups in total. The number of nitrogens with two attached hydrogens (primary N) is 1. The summed E-state index contributed by atoms with van der Waals surface area (Å²) < 4.78 is 0. The fourth-order valence-electron chi connectivity index (χ4n) is 3.79. The Morgan fingerprint density at radius 3 is 2.48 bits per heavy atom. The van der Waals surface area contributed by atoms with E-state index in [4.69, 9.17) is 5.73 Å². The lowest BCUT2D eigenvalue weighted by Gasteiger charge is -2.30. The van der Waals surface area contributed by atoms with E-state index in [9.17, 15) is 15.0 Å². The topological polar surface area (TPSA) is 140 Å². The van der Waals surface area contributed by atoms with Gasteiger partial charge < -0.3 is 26.1 Å². The lowest BCUT2D eigenvalue weighted by molar-refractivity contribution is -0.112. The first-order valence-electron chi connectivity index (χ1n) is 11.3. The zero-order chi connectivity index (χ0) is 23.6. The zero-order valence-electron chi connectivity index (χ0n) is 19.0. The van der Waals surface area contributed by atoms with Crippen molar-refractivity contribution in [2.45, 2.75) is 38.9 Å². The highest BCUT2D eigenvalue weighted by Gasteiger charge is 2.29. The smallest absolute Gasteiger partial charge is 0.222 e. The fraction of sp³-hybridized carbons (Fsp3) is 0.478. The van der Waals surface area contributed by atoms with Gasteiger partial charge in [0.15, 0.2) is 0 Å². The number of hydrogen-bond acceptors (Lipinski definition) is 10. The number of carbonyl (C=O) groups excluding carboxylic acids is 1. The number of benzene rings is 1. The Hall–Kier alpha value is -3.08.